The Morgan fingerprint density at radius 1 is 1.19 bits per heavy atom. The summed E-state index contributed by atoms with van der Waals surface area (Å²) in [6.07, 6.45) is 1.91. The van der Waals surface area contributed by atoms with E-state index in [4.69, 9.17) is 0 Å². The molecule has 2 aromatic heterocycles. The maximum atomic E-state index is 4.50. The summed E-state index contributed by atoms with van der Waals surface area (Å²) in [5, 5.41) is 3.17. The highest BCUT2D eigenvalue weighted by molar-refractivity contribution is 7.09. The highest BCUT2D eigenvalue weighted by Crippen LogP contribution is 2.24. The van der Waals surface area contributed by atoms with Gasteiger partial charge in [-0.3, -0.25) is 4.98 Å². The van der Waals surface area contributed by atoms with Crippen LogP contribution >= 0.6 is 11.3 Å². The van der Waals surface area contributed by atoms with Gasteiger partial charge in [0.15, 0.2) is 0 Å². The molecular weight excluding hydrogens is 216 g/mol. The molecule has 0 aliphatic carbocycles. The lowest BCUT2D eigenvalue weighted by Crippen LogP contribution is -2.12. The van der Waals surface area contributed by atoms with Crippen molar-refractivity contribution < 1.29 is 0 Å². The number of rotatable bonds is 1. The van der Waals surface area contributed by atoms with Crippen molar-refractivity contribution in [1.29, 1.82) is 0 Å². The highest BCUT2D eigenvalue weighted by atomic mass is 32.1. The molecule has 2 nitrogen and oxygen atoms in total. The summed E-state index contributed by atoms with van der Waals surface area (Å²) in [7, 11) is 0. The summed E-state index contributed by atoms with van der Waals surface area (Å²) in [6.45, 7) is 8.52. The topological polar surface area (TPSA) is 25.8 Å². The summed E-state index contributed by atoms with van der Waals surface area (Å²) in [6, 6.07) is 4.19. The second-order valence-electron chi connectivity index (χ2n) is 4.93. The predicted octanol–water partition coefficient (Wildman–Crippen LogP) is 3.81. The Balaban J connectivity index is 2.33. The molecule has 0 unspecified atom stereocenters. The van der Waals surface area contributed by atoms with E-state index < -0.39 is 0 Å². The fourth-order valence-corrected chi connectivity index (χ4v) is 2.11. The first-order valence-corrected chi connectivity index (χ1v) is 6.24. The Hall–Kier alpha value is -1.22. The van der Waals surface area contributed by atoms with Crippen LogP contribution in [0, 0.1) is 6.92 Å². The lowest BCUT2D eigenvalue weighted by molar-refractivity contribution is 0.569. The number of pyridine rings is 1. The van der Waals surface area contributed by atoms with E-state index in [0.717, 1.165) is 22.0 Å². The Bertz CT molecular complexity index is 477. The summed E-state index contributed by atoms with van der Waals surface area (Å²) < 4.78 is 0. The molecule has 3 heteroatoms. The van der Waals surface area contributed by atoms with E-state index in [0.29, 0.717) is 0 Å². The molecule has 0 aromatic carbocycles. The zero-order chi connectivity index (χ0) is 11.8. The monoisotopic (exact) mass is 232 g/mol. The summed E-state index contributed by atoms with van der Waals surface area (Å²) >= 11 is 1.67. The van der Waals surface area contributed by atoms with Crippen molar-refractivity contribution in [2.75, 3.05) is 0 Å². The van der Waals surface area contributed by atoms with Crippen molar-refractivity contribution in [2.45, 2.75) is 33.1 Å². The lowest BCUT2D eigenvalue weighted by atomic mass is 9.91. The lowest BCUT2D eigenvalue weighted by Gasteiger charge is -2.17. The zero-order valence-electron chi connectivity index (χ0n) is 10.1. The fourth-order valence-electron chi connectivity index (χ4n) is 1.49. The van der Waals surface area contributed by atoms with Crippen molar-refractivity contribution in [3.8, 4) is 11.3 Å². The van der Waals surface area contributed by atoms with Crippen LogP contribution in [0.4, 0.5) is 0 Å². The van der Waals surface area contributed by atoms with Gasteiger partial charge in [0.05, 0.1) is 10.7 Å². The molecule has 0 bridgehead atoms. The molecule has 0 aliphatic rings. The Kier molecular flexibility index (Phi) is 2.80. The van der Waals surface area contributed by atoms with Crippen LogP contribution in [-0.2, 0) is 5.41 Å². The Labute approximate surface area is 100 Å². The number of aryl methyl sites for hydroxylation is 1. The van der Waals surface area contributed by atoms with Crippen LogP contribution in [0.2, 0.25) is 0 Å². The van der Waals surface area contributed by atoms with Crippen LogP contribution in [0.25, 0.3) is 11.3 Å². The summed E-state index contributed by atoms with van der Waals surface area (Å²) in [5.74, 6) is 0. The molecule has 0 N–H and O–H groups in total. The molecule has 0 fully saturated rings. The average molecular weight is 232 g/mol. The molecule has 2 rings (SSSR count). The van der Waals surface area contributed by atoms with Crippen LogP contribution in [0.1, 0.15) is 31.5 Å². The van der Waals surface area contributed by atoms with Gasteiger partial charge >= 0.3 is 0 Å². The van der Waals surface area contributed by atoms with Gasteiger partial charge in [0.2, 0.25) is 0 Å². The fraction of sp³-hybridized carbons (Fsp3) is 0.385. The molecule has 84 valence electrons. The molecule has 16 heavy (non-hydrogen) atoms. The molecule has 0 aliphatic heterocycles. The first-order valence-electron chi connectivity index (χ1n) is 5.36. The van der Waals surface area contributed by atoms with Crippen LogP contribution in [0.15, 0.2) is 23.7 Å². The van der Waals surface area contributed by atoms with E-state index in [1.165, 1.54) is 0 Å². The van der Waals surface area contributed by atoms with E-state index >= 15 is 0 Å². The van der Waals surface area contributed by atoms with Gasteiger partial charge in [-0.2, -0.15) is 0 Å². The number of nitrogens with zero attached hydrogens (tertiary/aromatic N) is 2. The van der Waals surface area contributed by atoms with E-state index in [1.807, 2.05) is 13.1 Å². The minimum Gasteiger partial charge on any atom is -0.260 e. The third-order valence-corrected chi connectivity index (χ3v) is 3.22. The van der Waals surface area contributed by atoms with Gasteiger partial charge in [-0.05, 0) is 19.1 Å². The predicted molar refractivity (Wildman–Crippen MR) is 68.8 cm³/mol. The molecule has 0 saturated carbocycles. The summed E-state index contributed by atoms with van der Waals surface area (Å²) in [4.78, 5) is 8.95. The van der Waals surface area contributed by atoms with Crippen molar-refractivity contribution >= 4 is 11.3 Å². The second kappa shape index (κ2) is 3.98. The molecule has 2 aromatic rings. The summed E-state index contributed by atoms with van der Waals surface area (Å²) in [5.41, 5.74) is 3.34. The van der Waals surface area contributed by atoms with Crippen LogP contribution < -0.4 is 0 Å². The Morgan fingerprint density at radius 2 is 1.94 bits per heavy atom. The van der Waals surface area contributed by atoms with E-state index in [-0.39, 0.29) is 5.41 Å². The quantitative estimate of drug-likeness (QED) is 0.747. The molecule has 0 spiro atoms. The third kappa shape index (κ3) is 2.30. The van der Waals surface area contributed by atoms with Crippen molar-refractivity contribution in [2.24, 2.45) is 0 Å². The van der Waals surface area contributed by atoms with Crippen LogP contribution in [0.3, 0.4) is 0 Å². The van der Waals surface area contributed by atoms with Gasteiger partial charge in [-0.15, -0.1) is 11.3 Å². The number of thiazole rings is 1. The van der Waals surface area contributed by atoms with Gasteiger partial charge in [-0.1, -0.05) is 20.8 Å². The third-order valence-electron chi connectivity index (χ3n) is 2.45. The Morgan fingerprint density at radius 3 is 2.38 bits per heavy atom. The molecular formula is C13H16N2S. The van der Waals surface area contributed by atoms with Crippen LogP contribution in [0.5, 0.6) is 0 Å². The number of aromatic nitrogens is 2. The molecule has 2 heterocycles. The van der Waals surface area contributed by atoms with E-state index in [9.17, 15) is 0 Å². The minimum absolute atomic E-state index is 0.108. The first kappa shape index (κ1) is 11.3. The van der Waals surface area contributed by atoms with Gasteiger partial charge in [0, 0.05) is 28.2 Å². The number of hydrogen-bond acceptors (Lipinski definition) is 3. The molecule has 0 saturated heterocycles. The standard InChI is InChI=1S/C13H16N2S/c1-9-15-11(8-16-9)10-5-6-12(14-7-10)13(2,3)4/h5-8H,1-4H3. The van der Waals surface area contributed by atoms with Crippen molar-refractivity contribution in [1.82, 2.24) is 9.97 Å². The maximum Gasteiger partial charge on any atom is 0.0901 e. The number of hydrogen-bond donors (Lipinski definition) is 0. The minimum atomic E-state index is 0.108. The van der Waals surface area contributed by atoms with Gasteiger partial charge in [-0.25, -0.2) is 4.98 Å². The molecule has 0 radical (unpaired) electrons. The second-order valence-corrected chi connectivity index (χ2v) is 6.00. The van der Waals surface area contributed by atoms with Crippen molar-refractivity contribution in [3.05, 3.63) is 34.4 Å². The average Bonchev–Trinajstić information content (AvgIpc) is 2.64. The molecule has 0 atom stereocenters. The normalized spacial score (nSPS) is 11.8. The highest BCUT2D eigenvalue weighted by Gasteiger charge is 2.15. The van der Waals surface area contributed by atoms with Crippen molar-refractivity contribution in [3.63, 3.8) is 0 Å². The first-order chi connectivity index (χ1) is 7.47. The molecule has 0 amide bonds. The van der Waals surface area contributed by atoms with Crippen LogP contribution in [-0.4, -0.2) is 9.97 Å². The van der Waals surface area contributed by atoms with Gasteiger partial charge < -0.3 is 0 Å². The van der Waals surface area contributed by atoms with Gasteiger partial charge in [0.25, 0.3) is 0 Å². The SMILES string of the molecule is Cc1nc(-c2ccc(C(C)(C)C)nc2)cs1. The van der Waals surface area contributed by atoms with E-state index in [1.54, 1.807) is 11.3 Å². The maximum absolute atomic E-state index is 4.50. The van der Waals surface area contributed by atoms with Gasteiger partial charge in [0.1, 0.15) is 0 Å². The smallest absolute Gasteiger partial charge is 0.0901 e. The van der Waals surface area contributed by atoms with E-state index in [2.05, 4.69) is 48.3 Å². The largest absolute Gasteiger partial charge is 0.260 e. The zero-order valence-corrected chi connectivity index (χ0v) is 10.9.